The molecule has 0 aliphatic rings. The predicted octanol–water partition coefficient (Wildman–Crippen LogP) is 10.3. The van der Waals surface area contributed by atoms with E-state index in [4.69, 9.17) is 0 Å². The van der Waals surface area contributed by atoms with Crippen molar-refractivity contribution in [3.63, 3.8) is 0 Å². The quantitative estimate of drug-likeness (QED) is 0.193. The highest BCUT2D eigenvalue weighted by molar-refractivity contribution is 6.23. The van der Waals surface area contributed by atoms with E-state index in [1.807, 2.05) is 24.3 Å². The molecule has 0 saturated heterocycles. The molecule has 0 amide bonds. The molecular formula is C42H24N4. The average Bonchev–Trinajstić information content (AvgIpc) is 3.14. The smallest absolute Gasteiger partial charge is 0.141 e. The average molecular weight is 585 g/mol. The first-order valence-corrected chi connectivity index (χ1v) is 15.0. The Labute approximate surface area is 266 Å². The number of nitrogens with zero attached hydrogens (tertiary/aromatic N) is 4. The summed E-state index contributed by atoms with van der Waals surface area (Å²) < 4.78 is 0. The van der Waals surface area contributed by atoms with Crippen molar-refractivity contribution in [2.45, 2.75) is 0 Å². The third-order valence-corrected chi connectivity index (χ3v) is 8.69. The van der Waals surface area contributed by atoms with Gasteiger partial charge in [-0.15, -0.1) is 0 Å². The van der Waals surface area contributed by atoms with Crippen molar-refractivity contribution < 1.29 is 0 Å². The molecule has 2 aromatic heterocycles. The minimum atomic E-state index is 0.409. The summed E-state index contributed by atoms with van der Waals surface area (Å²) in [4.78, 5) is 8.22. The van der Waals surface area contributed by atoms with E-state index in [0.29, 0.717) is 11.4 Å². The van der Waals surface area contributed by atoms with E-state index < -0.39 is 0 Å². The van der Waals surface area contributed by atoms with Crippen molar-refractivity contribution in [1.82, 2.24) is 9.97 Å². The van der Waals surface area contributed by atoms with Gasteiger partial charge in [-0.3, -0.25) is 0 Å². The summed E-state index contributed by atoms with van der Waals surface area (Å²) in [5.41, 5.74) is 9.48. The Balaban J connectivity index is 1.28. The lowest BCUT2D eigenvalue weighted by molar-refractivity contribution is 1.26. The summed E-state index contributed by atoms with van der Waals surface area (Å²) in [5.74, 6) is 0. The van der Waals surface area contributed by atoms with Gasteiger partial charge in [0.25, 0.3) is 0 Å². The Bertz CT molecular complexity index is 2350. The van der Waals surface area contributed by atoms with Gasteiger partial charge in [-0.25, -0.2) is 9.97 Å². The van der Waals surface area contributed by atoms with Gasteiger partial charge in [-0.2, -0.15) is 10.5 Å². The second-order valence-corrected chi connectivity index (χ2v) is 11.3. The van der Waals surface area contributed by atoms with Gasteiger partial charge in [0.1, 0.15) is 23.5 Å². The number of nitriles is 2. The number of hydrogen-bond acceptors (Lipinski definition) is 4. The van der Waals surface area contributed by atoms with Crippen LogP contribution in [0.5, 0.6) is 0 Å². The molecule has 0 aliphatic heterocycles. The van der Waals surface area contributed by atoms with Crippen molar-refractivity contribution in [3.05, 3.63) is 157 Å². The summed E-state index contributed by atoms with van der Waals surface area (Å²) in [6.07, 6.45) is 3.36. The fourth-order valence-electron chi connectivity index (χ4n) is 6.46. The van der Waals surface area contributed by atoms with Gasteiger partial charge >= 0.3 is 0 Å². The zero-order valence-corrected chi connectivity index (χ0v) is 24.6. The number of aromatic nitrogens is 2. The molecule has 8 rings (SSSR count). The SMILES string of the molecule is N#Cc1cc(-c2ccc(-c3cc4c5ccccc5c(-c5ccc(-c6ccnc(C#N)c6)cc5)cc4c4ccccc34)cc2)ccn1. The van der Waals surface area contributed by atoms with Gasteiger partial charge in [-0.05, 0) is 113 Å². The Kier molecular flexibility index (Phi) is 6.53. The van der Waals surface area contributed by atoms with Crippen molar-refractivity contribution in [3.8, 4) is 56.6 Å². The Morgan fingerprint density at radius 3 is 1.11 bits per heavy atom. The van der Waals surface area contributed by atoms with Crippen LogP contribution in [0.2, 0.25) is 0 Å². The fourth-order valence-corrected chi connectivity index (χ4v) is 6.46. The summed E-state index contributed by atoms with van der Waals surface area (Å²) in [5, 5.41) is 25.8. The molecule has 0 radical (unpaired) electrons. The van der Waals surface area contributed by atoms with Crippen molar-refractivity contribution >= 4 is 32.3 Å². The van der Waals surface area contributed by atoms with Crippen LogP contribution in [-0.4, -0.2) is 9.97 Å². The molecule has 4 heteroatoms. The highest BCUT2D eigenvalue weighted by Crippen LogP contribution is 2.42. The van der Waals surface area contributed by atoms with Gasteiger partial charge in [0.15, 0.2) is 0 Å². The van der Waals surface area contributed by atoms with E-state index in [2.05, 4.69) is 131 Å². The Morgan fingerprint density at radius 1 is 0.348 bits per heavy atom. The van der Waals surface area contributed by atoms with Crippen LogP contribution in [0, 0.1) is 22.7 Å². The van der Waals surface area contributed by atoms with E-state index >= 15 is 0 Å². The first kappa shape index (κ1) is 27.0. The highest BCUT2D eigenvalue weighted by atomic mass is 14.7. The topological polar surface area (TPSA) is 73.4 Å². The number of rotatable bonds is 4. The lowest BCUT2D eigenvalue weighted by atomic mass is 9.87. The Hall–Kier alpha value is -6.62. The molecule has 0 saturated carbocycles. The highest BCUT2D eigenvalue weighted by Gasteiger charge is 2.15. The summed E-state index contributed by atoms with van der Waals surface area (Å²) in [6.45, 7) is 0. The lowest BCUT2D eigenvalue weighted by Gasteiger charge is -2.16. The van der Waals surface area contributed by atoms with Gasteiger partial charge in [0, 0.05) is 12.4 Å². The third-order valence-electron chi connectivity index (χ3n) is 8.69. The molecule has 0 atom stereocenters. The number of pyridine rings is 2. The van der Waals surface area contributed by atoms with Crippen LogP contribution in [0.3, 0.4) is 0 Å². The van der Waals surface area contributed by atoms with E-state index in [1.54, 1.807) is 12.4 Å². The first-order chi connectivity index (χ1) is 22.7. The third kappa shape index (κ3) is 4.63. The summed E-state index contributed by atoms with van der Waals surface area (Å²) in [7, 11) is 0. The lowest BCUT2D eigenvalue weighted by Crippen LogP contribution is -1.90. The predicted molar refractivity (Wildman–Crippen MR) is 186 cm³/mol. The minimum absolute atomic E-state index is 0.409. The molecule has 212 valence electrons. The molecule has 0 aliphatic carbocycles. The standard InChI is InChI=1S/C42H24N4/c43-25-33-21-31(17-19-45-33)27-9-13-29(14-10-27)39-23-42-38-8-4-2-6-36(38)40(24-41(42)37-7-3-1-5-35(37)39)30-15-11-28(12-16-30)32-18-20-46-34(22-32)26-44/h1-24H. The van der Waals surface area contributed by atoms with Gasteiger partial charge in [0.05, 0.1) is 0 Å². The molecule has 0 bridgehead atoms. The molecule has 8 aromatic rings. The zero-order chi connectivity index (χ0) is 31.0. The monoisotopic (exact) mass is 584 g/mol. The maximum absolute atomic E-state index is 9.29. The second kappa shape index (κ2) is 11.1. The maximum Gasteiger partial charge on any atom is 0.141 e. The van der Waals surface area contributed by atoms with Gasteiger partial charge < -0.3 is 0 Å². The van der Waals surface area contributed by atoms with E-state index in [-0.39, 0.29) is 0 Å². The summed E-state index contributed by atoms with van der Waals surface area (Å²) in [6, 6.07) is 50.8. The van der Waals surface area contributed by atoms with Crippen molar-refractivity contribution in [2.75, 3.05) is 0 Å². The maximum atomic E-state index is 9.29. The molecule has 6 aromatic carbocycles. The van der Waals surface area contributed by atoms with E-state index in [0.717, 1.165) is 33.4 Å². The fraction of sp³-hybridized carbons (Fsp3) is 0. The van der Waals surface area contributed by atoms with Crippen LogP contribution in [-0.2, 0) is 0 Å². The van der Waals surface area contributed by atoms with E-state index in [9.17, 15) is 10.5 Å². The Morgan fingerprint density at radius 2 is 0.717 bits per heavy atom. The molecule has 2 heterocycles. The van der Waals surface area contributed by atoms with Gasteiger partial charge in [-0.1, -0.05) is 97.1 Å². The largest absolute Gasteiger partial charge is 0.246 e. The number of fused-ring (bicyclic) bond motifs is 5. The van der Waals surface area contributed by atoms with Crippen LogP contribution in [0.15, 0.2) is 146 Å². The molecule has 0 unspecified atom stereocenters. The van der Waals surface area contributed by atoms with Crippen LogP contribution >= 0.6 is 0 Å². The zero-order valence-electron chi connectivity index (χ0n) is 24.6. The molecular weight excluding hydrogens is 560 g/mol. The normalized spacial score (nSPS) is 11.0. The molecule has 0 N–H and O–H groups in total. The molecule has 4 nitrogen and oxygen atoms in total. The number of hydrogen-bond donors (Lipinski definition) is 0. The molecule has 46 heavy (non-hydrogen) atoms. The van der Waals surface area contributed by atoms with Crippen molar-refractivity contribution in [2.24, 2.45) is 0 Å². The van der Waals surface area contributed by atoms with Crippen LogP contribution in [0.1, 0.15) is 11.4 Å². The minimum Gasteiger partial charge on any atom is -0.246 e. The molecule has 0 fully saturated rings. The number of benzene rings is 6. The van der Waals surface area contributed by atoms with Gasteiger partial charge in [0.2, 0.25) is 0 Å². The van der Waals surface area contributed by atoms with E-state index in [1.165, 1.54) is 43.4 Å². The van der Waals surface area contributed by atoms with Crippen LogP contribution in [0.25, 0.3) is 76.8 Å². The van der Waals surface area contributed by atoms with Crippen LogP contribution in [0.4, 0.5) is 0 Å². The van der Waals surface area contributed by atoms with Crippen LogP contribution < -0.4 is 0 Å². The molecule has 0 spiro atoms. The first-order valence-electron chi connectivity index (χ1n) is 15.0. The van der Waals surface area contributed by atoms with Crippen molar-refractivity contribution in [1.29, 1.82) is 10.5 Å². The summed E-state index contributed by atoms with van der Waals surface area (Å²) >= 11 is 0. The second-order valence-electron chi connectivity index (χ2n) is 11.3.